The van der Waals surface area contributed by atoms with E-state index in [9.17, 15) is 0 Å². The molecule has 0 heterocycles. The summed E-state index contributed by atoms with van der Waals surface area (Å²) in [7, 11) is 1.71. The molecule has 0 bridgehead atoms. The van der Waals surface area contributed by atoms with Gasteiger partial charge in [0.25, 0.3) is 0 Å². The maximum atomic E-state index is 5.75. The van der Waals surface area contributed by atoms with Crippen molar-refractivity contribution in [3.05, 3.63) is 23.3 Å². The second-order valence-corrected chi connectivity index (χ2v) is 6.33. The summed E-state index contributed by atoms with van der Waals surface area (Å²) in [5, 5.41) is 0. The number of hydrogen-bond donors (Lipinski definition) is 1. The van der Waals surface area contributed by atoms with Crippen LogP contribution in [0.3, 0.4) is 0 Å². The average Bonchev–Trinajstić information content (AvgIpc) is 2.25. The number of thioether (sulfide) groups is 1. The van der Waals surface area contributed by atoms with E-state index < -0.39 is 0 Å². The lowest BCUT2D eigenvalue weighted by Crippen LogP contribution is -2.26. The van der Waals surface area contributed by atoms with E-state index in [1.807, 2.05) is 17.8 Å². The summed E-state index contributed by atoms with van der Waals surface area (Å²) in [6.45, 7) is 9.22. The van der Waals surface area contributed by atoms with Gasteiger partial charge in [0.05, 0.1) is 7.11 Å². The van der Waals surface area contributed by atoms with Crippen molar-refractivity contribution >= 4 is 11.8 Å². The van der Waals surface area contributed by atoms with Crippen LogP contribution in [0.15, 0.2) is 17.0 Å². The molecule has 2 N–H and O–H groups in total. The van der Waals surface area contributed by atoms with Gasteiger partial charge in [-0.3, -0.25) is 0 Å². The monoisotopic (exact) mass is 239 g/mol. The summed E-state index contributed by atoms with van der Waals surface area (Å²) in [5.41, 5.74) is 8.24. The smallest absolute Gasteiger partial charge is 0.122 e. The average molecular weight is 239 g/mol. The largest absolute Gasteiger partial charge is 0.496 e. The molecule has 0 spiro atoms. The Hall–Kier alpha value is -0.670. The second kappa shape index (κ2) is 5.11. The van der Waals surface area contributed by atoms with E-state index in [0.717, 1.165) is 5.75 Å². The van der Waals surface area contributed by atoms with E-state index in [4.69, 9.17) is 10.5 Å². The summed E-state index contributed by atoms with van der Waals surface area (Å²) in [4.78, 5) is 1.29. The lowest BCUT2D eigenvalue weighted by Gasteiger charge is -2.23. The van der Waals surface area contributed by atoms with Gasteiger partial charge in [0.2, 0.25) is 0 Å². The molecule has 1 aromatic carbocycles. The zero-order chi connectivity index (χ0) is 12.3. The Morgan fingerprint density at radius 2 is 1.88 bits per heavy atom. The summed E-state index contributed by atoms with van der Waals surface area (Å²) in [5.74, 6) is 0.951. The number of methoxy groups -OCH3 is 1. The Kier molecular flexibility index (Phi) is 4.28. The van der Waals surface area contributed by atoms with E-state index in [2.05, 4.69) is 33.8 Å². The van der Waals surface area contributed by atoms with E-state index in [1.54, 1.807) is 7.11 Å². The summed E-state index contributed by atoms with van der Waals surface area (Å²) < 4.78 is 5.38. The van der Waals surface area contributed by atoms with Crippen LogP contribution in [0.4, 0.5) is 0 Å². The van der Waals surface area contributed by atoms with Gasteiger partial charge < -0.3 is 10.5 Å². The molecule has 3 heteroatoms. The minimum Gasteiger partial charge on any atom is -0.496 e. The van der Waals surface area contributed by atoms with Crippen LogP contribution in [0, 0.1) is 13.8 Å². The van der Waals surface area contributed by atoms with Crippen LogP contribution in [0.5, 0.6) is 5.75 Å². The third kappa shape index (κ3) is 2.92. The highest BCUT2D eigenvalue weighted by Gasteiger charge is 2.19. The third-order valence-corrected chi connectivity index (χ3v) is 4.17. The molecule has 0 unspecified atom stereocenters. The fourth-order valence-electron chi connectivity index (χ4n) is 1.44. The molecular weight excluding hydrogens is 218 g/mol. The molecule has 0 aliphatic carbocycles. The van der Waals surface area contributed by atoms with Gasteiger partial charge >= 0.3 is 0 Å². The first-order valence-corrected chi connectivity index (χ1v) is 6.26. The van der Waals surface area contributed by atoms with Crippen molar-refractivity contribution < 1.29 is 4.74 Å². The maximum absolute atomic E-state index is 5.75. The zero-order valence-electron chi connectivity index (χ0n) is 10.8. The molecule has 0 aliphatic rings. The van der Waals surface area contributed by atoms with Crippen molar-refractivity contribution in [3.8, 4) is 5.75 Å². The van der Waals surface area contributed by atoms with Crippen molar-refractivity contribution in [2.24, 2.45) is 5.73 Å². The van der Waals surface area contributed by atoms with Crippen molar-refractivity contribution in [1.82, 2.24) is 0 Å². The molecule has 1 aromatic rings. The highest BCUT2D eigenvalue weighted by atomic mass is 32.2. The predicted molar refractivity (Wildman–Crippen MR) is 71.5 cm³/mol. The van der Waals surface area contributed by atoms with Gasteiger partial charge in [-0.15, -0.1) is 11.8 Å². The Balaban J connectivity index is 3.04. The van der Waals surface area contributed by atoms with E-state index in [0.29, 0.717) is 6.54 Å². The van der Waals surface area contributed by atoms with Gasteiger partial charge in [0.1, 0.15) is 5.75 Å². The fourth-order valence-corrected chi connectivity index (χ4v) is 2.56. The summed E-state index contributed by atoms with van der Waals surface area (Å²) in [6.07, 6.45) is 0. The summed E-state index contributed by atoms with van der Waals surface area (Å²) >= 11 is 1.83. The minimum absolute atomic E-state index is 0.0752. The predicted octanol–water partition coefficient (Wildman–Crippen LogP) is 3.14. The van der Waals surface area contributed by atoms with Crippen LogP contribution >= 0.6 is 11.8 Å². The molecule has 0 amide bonds. The quantitative estimate of drug-likeness (QED) is 0.820. The standard InChI is InChI=1S/C13H21NOS/c1-9-10(2)12(7-6-11(9)15-5)16-13(3,4)8-14/h6-7H,8,14H2,1-5H3. The Bertz CT molecular complexity index is 374. The van der Waals surface area contributed by atoms with Crippen molar-refractivity contribution in [1.29, 1.82) is 0 Å². The first kappa shape index (κ1) is 13.4. The van der Waals surface area contributed by atoms with E-state index in [1.165, 1.54) is 16.0 Å². The number of ether oxygens (including phenoxy) is 1. The molecule has 0 saturated heterocycles. The normalized spacial score (nSPS) is 11.6. The number of nitrogens with two attached hydrogens (primary N) is 1. The molecule has 2 nitrogen and oxygen atoms in total. The maximum Gasteiger partial charge on any atom is 0.122 e. The molecule has 0 aliphatic heterocycles. The van der Waals surface area contributed by atoms with Crippen molar-refractivity contribution in [2.45, 2.75) is 37.3 Å². The van der Waals surface area contributed by atoms with E-state index >= 15 is 0 Å². The van der Waals surface area contributed by atoms with E-state index in [-0.39, 0.29) is 4.75 Å². The molecule has 0 aromatic heterocycles. The molecule has 0 radical (unpaired) electrons. The van der Waals surface area contributed by atoms with Crippen LogP contribution in [0.2, 0.25) is 0 Å². The number of benzene rings is 1. The summed E-state index contributed by atoms with van der Waals surface area (Å²) in [6, 6.07) is 4.14. The Labute approximate surface area is 103 Å². The first-order chi connectivity index (χ1) is 7.41. The topological polar surface area (TPSA) is 35.2 Å². The minimum atomic E-state index is 0.0752. The molecule has 0 saturated carbocycles. The van der Waals surface area contributed by atoms with Gasteiger partial charge in [-0.25, -0.2) is 0 Å². The zero-order valence-corrected chi connectivity index (χ0v) is 11.6. The highest BCUT2D eigenvalue weighted by Crippen LogP contribution is 2.37. The van der Waals surface area contributed by atoms with Gasteiger partial charge in [-0.2, -0.15) is 0 Å². The van der Waals surface area contributed by atoms with Gasteiger partial charge in [0.15, 0.2) is 0 Å². The van der Waals surface area contributed by atoms with Gasteiger partial charge in [-0.05, 0) is 51.0 Å². The van der Waals surface area contributed by atoms with Gasteiger partial charge in [0, 0.05) is 16.2 Å². The Morgan fingerprint density at radius 3 is 2.38 bits per heavy atom. The fraction of sp³-hybridized carbons (Fsp3) is 0.538. The molecule has 16 heavy (non-hydrogen) atoms. The van der Waals surface area contributed by atoms with Crippen LogP contribution < -0.4 is 10.5 Å². The van der Waals surface area contributed by atoms with Crippen LogP contribution in [-0.2, 0) is 0 Å². The molecule has 1 rings (SSSR count). The number of hydrogen-bond acceptors (Lipinski definition) is 3. The van der Waals surface area contributed by atoms with Gasteiger partial charge in [-0.1, -0.05) is 0 Å². The van der Waals surface area contributed by atoms with Crippen LogP contribution in [0.25, 0.3) is 0 Å². The van der Waals surface area contributed by atoms with Crippen LogP contribution in [-0.4, -0.2) is 18.4 Å². The Morgan fingerprint density at radius 1 is 1.25 bits per heavy atom. The first-order valence-electron chi connectivity index (χ1n) is 5.44. The lowest BCUT2D eigenvalue weighted by atomic mass is 10.1. The molecular formula is C13H21NOS. The van der Waals surface area contributed by atoms with Crippen molar-refractivity contribution in [2.75, 3.05) is 13.7 Å². The van der Waals surface area contributed by atoms with Crippen LogP contribution in [0.1, 0.15) is 25.0 Å². The molecule has 90 valence electrons. The molecule has 0 atom stereocenters. The second-order valence-electron chi connectivity index (χ2n) is 4.58. The number of rotatable bonds is 4. The molecule has 0 fully saturated rings. The van der Waals surface area contributed by atoms with Crippen molar-refractivity contribution in [3.63, 3.8) is 0 Å². The lowest BCUT2D eigenvalue weighted by molar-refractivity contribution is 0.411. The highest BCUT2D eigenvalue weighted by molar-refractivity contribution is 8.00. The third-order valence-electron chi connectivity index (χ3n) is 2.79. The SMILES string of the molecule is COc1ccc(SC(C)(C)CN)c(C)c1C.